The molecule has 3 amide bonds. The second-order valence-corrected chi connectivity index (χ2v) is 12.6. The Balaban J connectivity index is 1.32. The first-order valence-electron chi connectivity index (χ1n) is 13.6. The van der Waals surface area contributed by atoms with Crippen molar-refractivity contribution in [3.05, 3.63) is 124 Å². The Morgan fingerprint density at radius 1 is 0.909 bits per heavy atom. The standard InChI is InChI=1S/C33H26Cl2N4O3S2/c1-2-27(32(42)39-33-38-25-16-6-7-17-28(25)44-33)43-23-14-9-13-22(19-23)36-31(41)26(18-21-12-8-15-24(34)29(21)35)37-30(40)20-10-4-3-5-11-20/h3-19,27H,2H2,1H3,(H,36,41)(H,37,40)(H,38,39,42)/b26-18+. The summed E-state index contributed by atoms with van der Waals surface area (Å²) in [6, 6.07) is 28.5. The van der Waals surface area contributed by atoms with Gasteiger partial charge in [-0.25, -0.2) is 4.98 Å². The minimum atomic E-state index is -0.562. The molecule has 1 aromatic heterocycles. The van der Waals surface area contributed by atoms with Crippen LogP contribution in [-0.4, -0.2) is 28.0 Å². The number of fused-ring (bicyclic) bond motifs is 1. The lowest BCUT2D eigenvalue weighted by Crippen LogP contribution is -2.30. The van der Waals surface area contributed by atoms with Gasteiger partial charge in [0.05, 0.1) is 25.5 Å². The highest BCUT2D eigenvalue weighted by atomic mass is 35.5. The maximum absolute atomic E-state index is 13.5. The van der Waals surface area contributed by atoms with E-state index < -0.39 is 17.1 Å². The zero-order chi connectivity index (χ0) is 31.1. The van der Waals surface area contributed by atoms with Crippen molar-refractivity contribution < 1.29 is 14.4 Å². The number of hydrogen-bond donors (Lipinski definition) is 3. The largest absolute Gasteiger partial charge is 0.321 e. The number of carbonyl (C=O) groups is 3. The van der Waals surface area contributed by atoms with Gasteiger partial charge in [0.15, 0.2) is 5.13 Å². The SMILES string of the molecule is CCC(Sc1cccc(NC(=O)/C(=C\c2cccc(Cl)c2Cl)NC(=O)c2ccccc2)c1)C(=O)Nc1nc2ccccc2s1. The van der Waals surface area contributed by atoms with Crippen molar-refractivity contribution in [1.29, 1.82) is 0 Å². The lowest BCUT2D eigenvalue weighted by molar-refractivity contribution is -0.116. The van der Waals surface area contributed by atoms with Crippen molar-refractivity contribution in [2.24, 2.45) is 0 Å². The van der Waals surface area contributed by atoms with Crippen molar-refractivity contribution in [1.82, 2.24) is 10.3 Å². The van der Waals surface area contributed by atoms with Gasteiger partial charge < -0.3 is 16.0 Å². The van der Waals surface area contributed by atoms with Crippen LogP contribution in [0, 0.1) is 0 Å². The number of thioether (sulfide) groups is 1. The summed E-state index contributed by atoms with van der Waals surface area (Å²) >= 11 is 15.4. The van der Waals surface area contributed by atoms with E-state index >= 15 is 0 Å². The van der Waals surface area contributed by atoms with Crippen LogP contribution in [0.3, 0.4) is 0 Å². The Morgan fingerprint density at radius 2 is 1.66 bits per heavy atom. The van der Waals surface area contributed by atoms with E-state index in [2.05, 4.69) is 20.9 Å². The van der Waals surface area contributed by atoms with E-state index in [-0.39, 0.29) is 16.6 Å². The number of halogens is 2. The Kier molecular flexibility index (Phi) is 10.3. The molecule has 1 heterocycles. The summed E-state index contributed by atoms with van der Waals surface area (Å²) in [5.74, 6) is -1.18. The van der Waals surface area contributed by atoms with Gasteiger partial charge in [-0.15, -0.1) is 11.8 Å². The van der Waals surface area contributed by atoms with Gasteiger partial charge >= 0.3 is 0 Å². The lowest BCUT2D eigenvalue weighted by Gasteiger charge is -2.15. The molecule has 0 saturated heterocycles. The minimum absolute atomic E-state index is 0.0253. The van der Waals surface area contributed by atoms with E-state index in [0.717, 1.165) is 15.1 Å². The van der Waals surface area contributed by atoms with Gasteiger partial charge in [0.2, 0.25) is 5.91 Å². The first-order chi connectivity index (χ1) is 21.3. The number of amides is 3. The van der Waals surface area contributed by atoms with Gasteiger partial charge in [-0.3, -0.25) is 14.4 Å². The molecule has 0 spiro atoms. The number of aromatic nitrogens is 1. The number of hydrogen-bond acceptors (Lipinski definition) is 6. The molecule has 0 aliphatic carbocycles. The van der Waals surface area contributed by atoms with Crippen LogP contribution in [0.25, 0.3) is 16.3 Å². The zero-order valence-corrected chi connectivity index (χ0v) is 26.5. The monoisotopic (exact) mass is 660 g/mol. The smallest absolute Gasteiger partial charge is 0.272 e. The topological polar surface area (TPSA) is 100 Å². The fourth-order valence-electron chi connectivity index (χ4n) is 4.17. The quantitative estimate of drug-likeness (QED) is 0.103. The molecule has 5 rings (SSSR count). The first kappa shape index (κ1) is 31.3. The normalized spacial score (nSPS) is 12.0. The highest BCUT2D eigenvalue weighted by Gasteiger charge is 2.21. The summed E-state index contributed by atoms with van der Waals surface area (Å²) in [4.78, 5) is 44.9. The fourth-order valence-corrected chi connectivity index (χ4v) is 6.42. The highest BCUT2D eigenvalue weighted by molar-refractivity contribution is 8.00. The van der Waals surface area contributed by atoms with Crippen LogP contribution in [0.1, 0.15) is 29.3 Å². The maximum Gasteiger partial charge on any atom is 0.272 e. The molecule has 0 saturated carbocycles. The molecule has 1 unspecified atom stereocenters. The lowest BCUT2D eigenvalue weighted by atomic mass is 10.1. The van der Waals surface area contributed by atoms with Crippen LogP contribution in [-0.2, 0) is 9.59 Å². The molecule has 44 heavy (non-hydrogen) atoms. The predicted molar refractivity (Wildman–Crippen MR) is 182 cm³/mol. The van der Waals surface area contributed by atoms with Gasteiger partial charge in [-0.1, -0.05) is 90.0 Å². The molecule has 1 atom stereocenters. The molecule has 5 aromatic rings. The predicted octanol–water partition coefficient (Wildman–Crippen LogP) is 8.52. The Bertz CT molecular complexity index is 1830. The van der Waals surface area contributed by atoms with Crippen molar-refractivity contribution in [3.8, 4) is 0 Å². The molecular weight excluding hydrogens is 635 g/mol. The molecule has 0 aliphatic heterocycles. The second kappa shape index (κ2) is 14.5. The number of para-hydroxylation sites is 1. The van der Waals surface area contributed by atoms with Crippen LogP contribution in [0.5, 0.6) is 0 Å². The molecule has 11 heteroatoms. The number of nitrogens with one attached hydrogen (secondary N) is 3. The van der Waals surface area contributed by atoms with Crippen LogP contribution in [0.2, 0.25) is 10.0 Å². The van der Waals surface area contributed by atoms with Crippen molar-refractivity contribution in [2.75, 3.05) is 10.6 Å². The van der Waals surface area contributed by atoms with Gasteiger partial charge in [0.1, 0.15) is 5.70 Å². The first-order valence-corrected chi connectivity index (χ1v) is 16.0. The molecule has 4 aromatic carbocycles. The third-order valence-electron chi connectivity index (χ3n) is 6.37. The van der Waals surface area contributed by atoms with Crippen molar-refractivity contribution in [2.45, 2.75) is 23.5 Å². The van der Waals surface area contributed by atoms with Gasteiger partial charge in [-0.05, 0) is 66.6 Å². The van der Waals surface area contributed by atoms with Gasteiger partial charge in [0.25, 0.3) is 11.8 Å². The zero-order valence-electron chi connectivity index (χ0n) is 23.3. The van der Waals surface area contributed by atoms with E-state index in [4.69, 9.17) is 23.2 Å². The van der Waals surface area contributed by atoms with Crippen LogP contribution < -0.4 is 16.0 Å². The Hall–Kier alpha value is -4.15. The van der Waals surface area contributed by atoms with Crippen molar-refractivity contribution in [3.63, 3.8) is 0 Å². The highest BCUT2D eigenvalue weighted by Crippen LogP contribution is 2.31. The molecule has 0 radical (unpaired) electrons. The summed E-state index contributed by atoms with van der Waals surface area (Å²) in [5.41, 5.74) is 2.15. The number of anilines is 2. The summed E-state index contributed by atoms with van der Waals surface area (Å²) in [5, 5.41) is 9.21. The maximum atomic E-state index is 13.5. The number of benzene rings is 4. The third-order valence-corrected chi connectivity index (χ3v) is 9.51. The molecule has 7 nitrogen and oxygen atoms in total. The average molecular weight is 662 g/mol. The van der Waals surface area contributed by atoms with Crippen molar-refractivity contribution >= 4 is 91.1 Å². The number of thiazole rings is 1. The molecular formula is C33H26Cl2N4O3S2. The van der Waals surface area contributed by atoms with Crippen LogP contribution in [0.15, 0.2) is 108 Å². The van der Waals surface area contributed by atoms with E-state index in [1.54, 1.807) is 66.7 Å². The van der Waals surface area contributed by atoms with Crippen LogP contribution in [0.4, 0.5) is 10.8 Å². The molecule has 0 bridgehead atoms. The van der Waals surface area contributed by atoms with E-state index in [9.17, 15) is 14.4 Å². The van der Waals surface area contributed by atoms with E-state index in [1.165, 1.54) is 29.2 Å². The number of rotatable bonds is 10. The summed E-state index contributed by atoms with van der Waals surface area (Å²) in [6.07, 6.45) is 2.05. The molecule has 0 aliphatic rings. The third kappa shape index (κ3) is 7.86. The number of carbonyl (C=O) groups excluding carboxylic acids is 3. The van der Waals surface area contributed by atoms with Gasteiger partial charge in [0, 0.05) is 16.1 Å². The average Bonchev–Trinajstić information content (AvgIpc) is 3.44. The minimum Gasteiger partial charge on any atom is -0.321 e. The summed E-state index contributed by atoms with van der Waals surface area (Å²) < 4.78 is 0.998. The van der Waals surface area contributed by atoms with Gasteiger partial charge in [-0.2, -0.15) is 0 Å². The Labute approximate surface area is 272 Å². The summed E-state index contributed by atoms with van der Waals surface area (Å²) in [7, 11) is 0. The summed E-state index contributed by atoms with van der Waals surface area (Å²) in [6.45, 7) is 1.94. The molecule has 0 fully saturated rings. The van der Waals surface area contributed by atoms with E-state index in [0.29, 0.717) is 33.4 Å². The number of nitrogens with zero attached hydrogens (tertiary/aromatic N) is 1. The molecule has 3 N–H and O–H groups in total. The Morgan fingerprint density at radius 3 is 2.43 bits per heavy atom. The van der Waals surface area contributed by atoms with E-state index in [1.807, 2.05) is 37.3 Å². The van der Waals surface area contributed by atoms with Crippen LogP contribution >= 0.6 is 46.3 Å². The second-order valence-electron chi connectivity index (χ2n) is 9.49. The molecule has 222 valence electrons. The fraction of sp³-hybridized carbons (Fsp3) is 0.0909.